The van der Waals surface area contributed by atoms with Gasteiger partial charge in [0, 0.05) is 13.0 Å². The van der Waals surface area contributed by atoms with E-state index in [1.54, 1.807) is 37.4 Å². The lowest BCUT2D eigenvalue weighted by Crippen LogP contribution is -2.53. The number of aliphatic hydroxyl groups excluding tert-OH is 1. The van der Waals surface area contributed by atoms with Gasteiger partial charge in [-0.25, -0.2) is 4.79 Å². The zero-order valence-electron chi connectivity index (χ0n) is 19.1. The summed E-state index contributed by atoms with van der Waals surface area (Å²) in [6.45, 7) is 3.86. The Bertz CT molecular complexity index is 964. The maximum Gasteiger partial charge on any atom is 0.328 e. The molecule has 178 valence electrons. The molecule has 5 N–H and O–H groups in total. The van der Waals surface area contributed by atoms with Crippen molar-refractivity contribution >= 4 is 17.8 Å². The van der Waals surface area contributed by atoms with Crippen LogP contribution in [0.5, 0.6) is 5.75 Å². The van der Waals surface area contributed by atoms with E-state index in [4.69, 9.17) is 4.74 Å². The maximum atomic E-state index is 13.2. The van der Waals surface area contributed by atoms with Gasteiger partial charge in [-0.2, -0.15) is 0 Å². The third-order valence-electron chi connectivity index (χ3n) is 4.96. The number of carboxylic acids is 1. The monoisotopic (exact) mass is 457 g/mol. The first-order valence-electron chi connectivity index (χ1n) is 10.6. The number of ether oxygens (including phenoxy) is 1. The number of benzene rings is 2. The number of hydrogen-bond acceptors (Lipinski definition) is 6. The van der Waals surface area contributed by atoms with E-state index < -0.39 is 36.5 Å². The summed E-state index contributed by atoms with van der Waals surface area (Å²) in [5, 5.41) is 26.4. The second-order valence-corrected chi connectivity index (χ2v) is 7.71. The normalized spacial score (nSPS) is 12.5. The van der Waals surface area contributed by atoms with E-state index in [2.05, 4.69) is 16.0 Å². The Morgan fingerprint density at radius 3 is 2.33 bits per heavy atom. The number of aliphatic hydroxyl groups is 1. The minimum atomic E-state index is -1.48. The van der Waals surface area contributed by atoms with Crippen molar-refractivity contribution < 1.29 is 29.3 Å². The number of aliphatic carboxylic acids is 1. The van der Waals surface area contributed by atoms with Gasteiger partial charge < -0.3 is 30.9 Å². The lowest BCUT2D eigenvalue weighted by molar-refractivity contribution is -0.143. The summed E-state index contributed by atoms with van der Waals surface area (Å²) >= 11 is 0. The van der Waals surface area contributed by atoms with E-state index in [0.29, 0.717) is 18.9 Å². The van der Waals surface area contributed by atoms with Gasteiger partial charge in [-0.1, -0.05) is 36.4 Å². The molecule has 2 atom stereocenters. The number of likely N-dealkylation sites (N-methyl/N-ethyl adjacent to an activating group) is 1. The van der Waals surface area contributed by atoms with Crippen LogP contribution in [-0.4, -0.2) is 66.9 Å². The van der Waals surface area contributed by atoms with Gasteiger partial charge in [0.2, 0.25) is 5.91 Å². The van der Waals surface area contributed by atoms with E-state index >= 15 is 0 Å². The molecule has 0 aromatic heterocycles. The number of carbonyl (C=O) groups excluding carboxylic acids is 2. The van der Waals surface area contributed by atoms with Crippen LogP contribution in [0.1, 0.15) is 27.0 Å². The molecule has 0 heterocycles. The molecular formula is C24H31N3O6. The lowest BCUT2D eigenvalue weighted by Gasteiger charge is -2.22. The summed E-state index contributed by atoms with van der Waals surface area (Å²) in [5.74, 6) is -2.18. The van der Waals surface area contributed by atoms with Crippen molar-refractivity contribution in [1.82, 2.24) is 16.0 Å². The van der Waals surface area contributed by atoms with E-state index in [1.165, 1.54) is 0 Å². The maximum absolute atomic E-state index is 13.2. The molecule has 0 aliphatic rings. The summed E-state index contributed by atoms with van der Waals surface area (Å²) in [7, 11) is 1.79. The molecule has 9 heteroatoms. The van der Waals surface area contributed by atoms with Gasteiger partial charge in [0.25, 0.3) is 5.91 Å². The third kappa shape index (κ3) is 7.58. The van der Waals surface area contributed by atoms with Crippen molar-refractivity contribution in [2.45, 2.75) is 32.4 Å². The van der Waals surface area contributed by atoms with Gasteiger partial charge in [-0.3, -0.25) is 9.59 Å². The number of amides is 2. The van der Waals surface area contributed by atoms with Crippen molar-refractivity contribution in [3.63, 3.8) is 0 Å². The van der Waals surface area contributed by atoms with E-state index in [0.717, 1.165) is 16.7 Å². The minimum absolute atomic E-state index is 0.136. The molecule has 9 nitrogen and oxygen atoms in total. The number of aryl methyl sites for hydroxylation is 2. The zero-order chi connectivity index (χ0) is 24.4. The van der Waals surface area contributed by atoms with E-state index in [9.17, 15) is 24.6 Å². The molecule has 0 fully saturated rings. The van der Waals surface area contributed by atoms with Crippen LogP contribution < -0.4 is 20.7 Å². The van der Waals surface area contributed by atoms with Gasteiger partial charge in [0.05, 0.1) is 12.2 Å². The minimum Gasteiger partial charge on any atom is -0.491 e. The summed E-state index contributed by atoms with van der Waals surface area (Å²) in [4.78, 5) is 37.4. The predicted molar refractivity (Wildman–Crippen MR) is 123 cm³/mol. The first-order chi connectivity index (χ1) is 15.8. The van der Waals surface area contributed by atoms with Gasteiger partial charge in [0.15, 0.2) is 0 Å². The molecule has 0 saturated carbocycles. The highest BCUT2D eigenvalue weighted by atomic mass is 16.5. The Hall–Kier alpha value is -3.43. The van der Waals surface area contributed by atoms with Crippen LogP contribution >= 0.6 is 0 Å². The molecule has 0 spiro atoms. The Morgan fingerprint density at radius 1 is 1.03 bits per heavy atom. The van der Waals surface area contributed by atoms with Crippen LogP contribution in [0.15, 0.2) is 42.5 Å². The first-order valence-corrected chi connectivity index (χ1v) is 10.6. The third-order valence-corrected chi connectivity index (χ3v) is 4.96. The van der Waals surface area contributed by atoms with Crippen LogP contribution in [0.4, 0.5) is 0 Å². The van der Waals surface area contributed by atoms with Crippen molar-refractivity contribution in [3.8, 4) is 5.75 Å². The summed E-state index contributed by atoms with van der Waals surface area (Å²) in [6, 6.07) is 10.1. The number of rotatable bonds is 12. The van der Waals surface area contributed by atoms with Crippen LogP contribution in [0.3, 0.4) is 0 Å². The molecular weight excluding hydrogens is 426 g/mol. The van der Waals surface area contributed by atoms with Crippen LogP contribution in [-0.2, 0) is 16.0 Å². The van der Waals surface area contributed by atoms with Crippen LogP contribution in [0.2, 0.25) is 0 Å². The van der Waals surface area contributed by atoms with Crippen molar-refractivity contribution in [1.29, 1.82) is 0 Å². The summed E-state index contributed by atoms with van der Waals surface area (Å²) in [6.07, 6.45) is 0.136. The first kappa shape index (κ1) is 25.8. The molecule has 0 aliphatic carbocycles. The quantitative estimate of drug-likeness (QED) is 0.297. The fourth-order valence-corrected chi connectivity index (χ4v) is 3.32. The van der Waals surface area contributed by atoms with Crippen molar-refractivity contribution in [2.75, 3.05) is 26.8 Å². The average molecular weight is 458 g/mol. The highest BCUT2D eigenvalue weighted by Gasteiger charge is 2.28. The second-order valence-electron chi connectivity index (χ2n) is 7.71. The number of hydrogen-bond donors (Lipinski definition) is 5. The smallest absolute Gasteiger partial charge is 0.328 e. The standard InChI is InChI=1S/C24H31N3O6/c1-15-11-16(2)21(33-10-9-25-3)18(12-15)22(29)26-19(13-17-7-5-4-6-8-17)23(30)27-20(14-28)24(31)32/h4-8,11-12,19-20,25,28H,9-10,13-14H2,1-3H3,(H,26,29)(H,27,30)(H,31,32)/t19-,20-/m0/s1. The van der Waals surface area contributed by atoms with E-state index in [1.807, 2.05) is 26.0 Å². The molecule has 0 bridgehead atoms. The Balaban J connectivity index is 2.32. The van der Waals surface area contributed by atoms with Crippen molar-refractivity contribution in [3.05, 3.63) is 64.7 Å². The van der Waals surface area contributed by atoms with Gasteiger partial charge in [0.1, 0.15) is 24.4 Å². The number of carboxylic acid groups (broad SMARTS) is 1. The molecule has 0 saturated heterocycles. The zero-order valence-corrected chi connectivity index (χ0v) is 19.1. The largest absolute Gasteiger partial charge is 0.491 e. The highest BCUT2D eigenvalue weighted by Crippen LogP contribution is 2.25. The topological polar surface area (TPSA) is 137 Å². The number of carbonyl (C=O) groups is 3. The molecule has 0 unspecified atom stereocenters. The Kier molecular flexibility index (Phi) is 9.84. The lowest BCUT2D eigenvalue weighted by atomic mass is 10.0. The van der Waals surface area contributed by atoms with Crippen LogP contribution in [0.25, 0.3) is 0 Å². The average Bonchev–Trinajstić information content (AvgIpc) is 2.78. The molecule has 33 heavy (non-hydrogen) atoms. The SMILES string of the molecule is CNCCOc1c(C)cc(C)cc1C(=O)N[C@@H](Cc1ccccc1)C(=O)N[C@@H](CO)C(=O)O. The van der Waals surface area contributed by atoms with Gasteiger partial charge in [-0.15, -0.1) is 0 Å². The molecule has 0 radical (unpaired) electrons. The second kappa shape index (κ2) is 12.6. The van der Waals surface area contributed by atoms with Crippen LogP contribution in [0, 0.1) is 13.8 Å². The van der Waals surface area contributed by atoms with Gasteiger partial charge >= 0.3 is 5.97 Å². The fourth-order valence-electron chi connectivity index (χ4n) is 3.32. The molecule has 2 rings (SSSR count). The van der Waals surface area contributed by atoms with Gasteiger partial charge in [-0.05, 0) is 43.7 Å². The molecule has 0 aliphatic heterocycles. The molecule has 2 aromatic rings. The Morgan fingerprint density at radius 2 is 1.73 bits per heavy atom. The fraction of sp³-hybridized carbons (Fsp3) is 0.375. The highest BCUT2D eigenvalue weighted by molar-refractivity contribution is 6.00. The summed E-state index contributed by atoms with van der Waals surface area (Å²) < 4.78 is 5.82. The van der Waals surface area contributed by atoms with Crippen molar-refractivity contribution in [2.24, 2.45) is 0 Å². The predicted octanol–water partition coefficient (Wildman–Crippen LogP) is 0.804. The number of nitrogens with one attached hydrogen (secondary N) is 3. The molecule has 2 aromatic carbocycles. The van der Waals surface area contributed by atoms with E-state index in [-0.39, 0.29) is 12.0 Å². The summed E-state index contributed by atoms with van der Waals surface area (Å²) in [5.41, 5.74) is 2.70. The Labute approximate surface area is 193 Å². The molecule has 2 amide bonds.